The molecular formula is C16H22N4O. The minimum Gasteiger partial charge on any atom is -0.348 e. The molecule has 1 amide bonds. The van der Waals surface area contributed by atoms with E-state index in [4.69, 9.17) is 0 Å². The summed E-state index contributed by atoms with van der Waals surface area (Å²) in [7, 11) is 0. The maximum atomic E-state index is 12.0. The Labute approximate surface area is 125 Å². The smallest absolute Gasteiger partial charge is 0.220 e. The van der Waals surface area contributed by atoms with E-state index >= 15 is 0 Å². The molecule has 0 fully saturated rings. The third-order valence-electron chi connectivity index (χ3n) is 3.38. The Kier molecular flexibility index (Phi) is 5.49. The van der Waals surface area contributed by atoms with Crippen LogP contribution in [-0.2, 0) is 11.3 Å². The van der Waals surface area contributed by atoms with Crippen LogP contribution in [0.4, 0.5) is 0 Å². The Morgan fingerprint density at radius 2 is 2.29 bits per heavy atom. The topological polar surface area (TPSA) is 59.8 Å². The summed E-state index contributed by atoms with van der Waals surface area (Å²) in [6.07, 6.45) is 7.61. The zero-order chi connectivity index (χ0) is 15.1. The first-order valence-corrected chi connectivity index (χ1v) is 7.38. The molecule has 112 valence electrons. The summed E-state index contributed by atoms with van der Waals surface area (Å²) in [5, 5.41) is 7.17. The van der Waals surface area contributed by atoms with E-state index in [9.17, 15) is 4.79 Å². The monoisotopic (exact) mass is 286 g/mol. The van der Waals surface area contributed by atoms with Gasteiger partial charge in [-0.2, -0.15) is 5.10 Å². The number of nitrogens with one attached hydrogen (secondary N) is 1. The molecule has 2 aromatic heterocycles. The molecule has 5 nitrogen and oxygen atoms in total. The minimum atomic E-state index is -0.0113. The van der Waals surface area contributed by atoms with Crippen molar-refractivity contribution in [3.63, 3.8) is 0 Å². The van der Waals surface area contributed by atoms with Gasteiger partial charge in [-0.3, -0.25) is 14.5 Å². The first kappa shape index (κ1) is 15.2. The standard InChI is InChI=1S/C16H22N4O/c1-3-14(15-8-7-13(2)12-17-15)19-16(21)6-4-10-20-11-5-9-18-20/h5,7-9,11-12,14H,3-4,6,10H2,1-2H3,(H,19,21). The Morgan fingerprint density at radius 1 is 1.43 bits per heavy atom. The summed E-state index contributed by atoms with van der Waals surface area (Å²) in [5.41, 5.74) is 2.04. The summed E-state index contributed by atoms with van der Waals surface area (Å²) in [6, 6.07) is 5.88. The van der Waals surface area contributed by atoms with Gasteiger partial charge < -0.3 is 5.32 Å². The molecule has 0 aliphatic heterocycles. The third kappa shape index (κ3) is 4.70. The van der Waals surface area contributed by atoms with Gasteiger partial charge in [-0.1, -0.05) is 13.0 Å². The number of nitrogens with zero attached hydrogens (tertiary/aromatic N) is 3. The van der Waals surface area contributed by atoms with E-state index in [-0.39, 0.29) is 11.9 Å². The molecule has 21 heavy (non-hydrogen) atoms. The van der Waals surface area contributed by atoms with Crippen molar-refractivity contribution in [2.45, 2.75) is 45.7 Å². The number of pyridine rings is 1. The van der Waals surface area contributed by atoms with Gasteiger partial charge in [-0.05, 0) is 37.5 Å². The lowest BCUT2D eigenvalue weighted by atomic mass is 10.1. The Hall–Kier alpha value is -2.17. The average Bonchev–Trinajstić information content (AvgIpc) is 2.99. The van der Waals surface area contributed by atoms with Crippen molar-refractivity contribution >= 4 is 5.91 Å². The lowest BCUT2D eigenvalue weighted by molar-refractivity contribution is -0.122. The highest BCUT2D eigenvalue weighted by Gasteiger charge is 2.13. The van der Waals surface area contributed by atoms with Crippen LogP contribution < -0.4 is 5.32 Å². The highest BCUT2D eigenvalue weighted by molar-refractivity contribution is 5.76. The van der Waals surface area contributed by atoms with E-state index in [0.717, 1.165) is 30.6 Å². The molecule has 2 heterocycles. The molecule has 0 spiro atoms. The maximum Gasteiger partial charge on any atom is 0.220 e. The van der Waals surface area contributed by atoms with Crippen LogP contribution in [0.1, 0.15) is 43.5 Å². The van der Waals surface area contributed by atoms with Crippen LogP contribution in [0.25, 0.3) is 0 Å². The number of carbonyl (C=O) groups is 1. The molecule has 1 unspecified atom stereocenters. The lowest BCUT2D eigenvalue weighted by Crippen LogP contribution is -2.28. The SMILES string of the molecule is CCC(NC(=O)CCCn1cccn1)c1ccc(C)cn1. The molecule has 0 saturated carbocycles. The predicted molar refractivity (Wildman–Crippen MR) is 81.6 cm³/mol. The molecule has 2 aromatic rings. The van der Waals surface area contributed by atoms with Crippen LogP contribution in [0.15, 0.2) is 36.8 Å². The van der Waals surface area contributed by atoms with Crippen LogP contribution in [0.3, 0.4) is 0 Å². The fourth-order valence-electron chi connectivity index (χ4n) is 2.17. The van der Waals surface area contributed by atoms with Gasteiger partial charge in [0, 0.05) is 31.6 Å². The predicted octanol–water partition coefficient (Wildman–Crippen LogP) is 2.63. The molecular weight excluding hydrogens is 264 g/mol. The fraction of sp³-hybridized carbons (Fsp3) is 0.438. The third-order valence-corrected chi connectivity index (χ3v) is 3.38. The van der Waals surface area contributed by atoms with Gasteiger partial charge in [0.25, 0.3) is 0 Å². The van der Waals surface area contributed by atoms with E-state index in [1.54, 1.807) is 6.20 Å². The Morgan fingerprint density at radius 3 is 2.90 bits per heavy atom. The molecule has 0 aromatic carbocycles. The highest BCUT2D eigenvalue weighted by atomic mass is 16.1. The number of amides is 1. The molecule has 0 saturated heterocycles. The van der Waals surface area contributed by atoms with E-state index in [2.05, 4.69) is 22.3 Å². The summed E-state index contributed by atoms with van der Waals surface area (Å²) in [6.45, 7) is 4.82. The lowest BCUT2D eigenvalue weighted by Gasteiger charge is -2.16. The normalized spacial score (nSPS) is 12.1. The van der Waals surface area contributed by atoms with E-state index in [1.807, 2.05) is 42.2 Å². The number of carbonyl (C=O) groups excluding carboxylic acids is 1. The highest BCUT2D eigenvalue weighted by Crippen LogP contribution is 2.14. The van der Waals surface area contributed by atoms with Crippen molar-refractivity contribution in [1.82, 2.24) is 20.1 Å². The van der Waals surface area contributed by atoms with E-state index in [0.29, 0.717) is 6.42 Å². The van der Waals surface area contributed by atoms with Gasteiger partial charge in [-0.15, -0.1) is 0 Å². The Balaban J connectivity index is 1.80. The zero-order valence-corrected chi connectivity index (χ0v) is 12.6. The van der Waals surface area contributed by atoms with Gasteiger partial charge in [-0.25, -0.2) is 0 Å². The second-order valence-corrected chi connectivity index (χ2v) is 5.16. The molecule has 0 aliphatic carbocycles. The van der Waals surface area contributed by atoms with Crippen molar-refractivity contribution in [2.75, 3.05) is 0 Å². The number of rotatable bonds is 7. The molecule has 5 heteroatoms. The fourth-order valence-corrected chi connectivity index (χ4v) is 2.17. The van der Waals surface area contributed by atoms with Crippen molar-refractivity contribution in [3.8, 4) is 0 Å². The van der Waals surface area contributed by atoms with Gasteiger partial charge in [0.1, 0.15) is 0 Å². The molecule has 0 aliphatic rings. The number of hydrogen-bond acceptors (Lipinski definition) is 3. The zero-order valence-electron chi connectivity index (χ0n) is 12.6. The molecule has 2 rings (SSSR count). The van der Waals surface area contributed by atoms with Crippen molar-refractivity contribution in [2.24, 2.45) is 0 Å². The summed E-state index contributed by atoms with van der Waals surface area (Å²) in [4.78, 5) is 16.4. The molecule has 0 bridgehead atoms. The van der Waals surface area contributed by atoms with Crippen LogP contribution in [0, 0.1) is 6.92 Å². The van der Waals surface area contributed by atoms with Crippen LogP contribution in [0.5, 0.6) is 0 Å². The number of hydrogen-bond donors (Lipinski definition) is 1. The molecule has 1 atom stereocenters. The van der Waals surface area contributed by atoms with Crippen molar-refractivity contribution in [3.05, 3.63) is 48.0 Å². The van der Waals surface area contributed by atoms with Crippen molar-refractivity contribution in [1.29, 1.82) is 0 Å². The number of aromatic nitrogens is 3. The summed E-state index contributed by atoms with van der Waals surface area (Å²) in [5.74, 6) is 0.0661. The van der Waals surface area contributed by atoms with Gasteiger partial charge in [0.2, 0.25) is 5.91 Å². The largest absolute Gasteiger partial charge is 0.348 e. The van der Waals surface area contributed by atoms with Crippen LogP contribution in [-0.4, -0.2) is 20.7 Å². The van der Waals surface area contributed by atoms with Crippen LogP contribution in [0.2, 0.25) is 0 Å². The summed E-state index contributed by atoms with van der Waals surface area (Å²) < 4.78 is 1.84. The second kappa shape index (κ2) is 7.57. The van der Waals surface area contributed by atoms with E-state index in [1.165, 1.54) is 0 Å². The first-order valence-electron chi connectivity index (χ1n) is 7.38. The van der Waals surface area contributed by atoms with E-state index < -0.39 is 0 Å². The van der Waals surface area contributed by atoms with Crippen LogP contribution >= 0.6 is 0 Å². The first-order chi connectivity index (χ1) is 10.2. The summed E-state index contributed by atoms with van der Waals surface area (Å²) >= 11 is 0. The number of aryl methyl sites for hydroxylation is 2. The molecule has 0 radical (unpaired) electrons. The minimum absolute atomic E-state index is 0.0113. The second-order valence-electron chi connectivity index (χ2n) is 5.16. The van der Waals surface area contributed by atoms with Gasteiger partial charge in [0.15, 0.2) is 0 Å². The Bertz CT molecular complexity index is 548. The van der Waals surface area contributed by atoms with Gasteiger partial charge >= 0.3 is 0 Å². The molecule has 1 N–H and O–H groups in total. The van der Waals surface area contributed by atoms with Crippen molar-refractivity contribution < 1.29 is 4.79 Å². The van der Waals surface area contributed by atoms with Gasteiger partial charge in [0.05, 0.1) is 11.7 Å². The maximum absolute atomic E-state index is 12.0. The quantitative estimate of drug-likeness (QED) is 0.851. The average molecular weight is 286 g/mol.